The van der Waals surface area contributed by atoms with Crippen molar-refractivity contribution in [2.75, 3.05) is 0 Å². The maximum absolute atomic E-state index is 6.62. The normalized spacial score (nSPS) is 19.9. The number of rotatable bonds is 1. The average molecular weight is 325 g/mol. The molecule has 2 N–H and O–H groups in total. The predicted octanol–water partition coefficient (Wildman–Crippen LogP) is 4.57. The number of thiazole rings is 1. The number of aromatic nitrogens is 1. The number of nitrogens with two attached hydrogens (primary N) is 1. The Balaban J connectivity index is 2.02. The Morgan fingerprint density at radius 1 is 1.17 bits per heavy atom. The fourth-order valence-corrected chi connectivity index (χ4v) is 4.14. The van der Waals surface area contributed by atoms with Crippen molar-refractivity contribution in [2.45, 2.75) is 44.1 Å². The summed E-state index contributed by atoms with van der Waals surface area (Å²) in [7, 11) is 0. The highest BCUT2D eigenvalue weighted by Gasteiger charge is 2.31. The second kappa shape index (κ2) is 4.91. The lowest BCUT2D eigenvalue weighted by Gasteiger charge is -2.25. The minimum absolute atomic E-state index is 0.188. The number of nitrogens with zero attached hydrogens (tertiary/aromatic N) is 1. The molecule has 1 saturated carbocycles. The Hall–Kier alpha value is -0.450. The van der Waals surface area contributed by atoms with Crippen LogP contribution in [0.25, 0.3) is 10.2 Å². The molecule has 0 bridgehead atoms. The largest absolute Gasteiger partial charge is 0.319 e. The van der Waals surface area contributed by atoms with Crippen LogP contribution >= 0.6 is 27.3 Å². The van der Waals surface area contributed by atoms with Crippen LogP contribution in [0.5, 0.6) is 0 Å². The van der Waals surface area contributed by atoms with Gasteiger partial charge >= 0.3 is 0 Å². The van der Waals surface area contributed by atoms with E-state index in [-0.39, 0.29) is 5.54 Å². The van der Waals surface area contributed by atoms with Crippen molar-refractivity contribution in [3.63, 3.8) is 0 Å². The molecule has 0 saturated heterocycles. The summed E-state index contributed by atoms with van der Waals surface area (Å²) in [4.78, 5) is 4.77. The van der Waals surface area contributed by atoms with E-state index in [0.717, 1.165) is 27.8 Å². The number of hydrogen-bond donors (Lipinski definition) is 1. The number of halogens is 1. The van der Waals surface area contributed by atoms with Crippen LogP contribution in [0, 0.1) is 0 Å². The SMILES string of the molecule is NC1(c2nc3cc(Br)ccc3s2)CCCCCC1. The van der Waals surface area contributed by atoms with Gasteiger partial charge in [-0.25, -0.2) is 4.98 Å². The van der Waals surface area contributed by atoms with Crippen LogP contribution in [-0.4, -0.2) is 4.98 Å². The average Bonchev–Trinajstić information content (AvgIpc) is 2.65. The number of benzene rings is 1. The van der Waals surface area contributed by atoms with E-state index in [1.165, 1.54) is 30.4 Å². The molecule has 2 aromatic rings. The summed E-state index contributed by atoms with van der Waals surface area (Å²) >= 11 is 5.26. The maximum Gasteiger partial charge on any atom is 0.114 e. The zero-order valence-electron chi connectivity index (χ0n) is 10.3. The summed E-state index contributed by atoms with van der Waals surface area (Å²) in [5.41, 5.74) is 7.50. The first kappa shape index (κ1) is 12.6. The summed E-state index contributed by atoms with van der Waals surface area (Å²) in [6.07, 6.45) is 7.25. The van der Waals surface area contributed by atoms with Crippen LogP contribution in [0.3, 0.4) is 0 Å². The molecule has 0 radical (unpaired) electrons. The van der Waals surface area contributed by atoms with Gasteiger partial charge in [0.1, 0.15) is 5.01 Å². The molecule has 1 heterocycles. The lowest BCUT2D eigenvalue weighted by Crippen LogP contribution is -2.35. The van der Waals surface area contributed by atoms with Crippen LogP contribution in [0.1, 0.15) is 43.5 Å². The molecule has 0 atom stereocenters. The van der Waals surface area contributed by atoms with Crippen LogP contribution in [0.15, 0.2) is 22.7 Å². The highest BCUT2D eigenvalue weighted by molar-refractivity contribution is 9.10. The lowest BCUT2D eigenvalue weighted by molar-refractivity contribution is 0.384. The van der Waals surface area contributed by atoms with E-state index in [1.54, 1.807) is 11.3 Å². The number of fused-ring (bicyclic) bond motifs is 1. The highest BCUT2D eigenvalue weighted by atomic mass is 79.9. The van der Waals surface area contributed by atoms with Gasteiger partial charge in [0.05, 0.1) is 15.8 Å². The van der Waals surface area contributed by atoms with E-state index in [9.17, 15) is 0 Å². The van der Waals surface area contributed by atoms with Crippen LogP contribution < -0.4 is 5.73 Å². The molecule has 0 unspecified atom stereocenters. The van der Waals surface area contributed by atoms with Crippen molar-refractivity contribution in [1.29, 1.82) is 0 Å². The quantitative estimate of drug-likeness (QED) is 0.780. The van der Waals surface area contributed by atoms with Crippen molar-refractivity contribution in [1.82, 2.24) is 4.98 Å². The molecule has 4 heteroatoms. The highest BCUT2D eigenvalue weighted by Crippen LogP contribution is 2.38. The first-order chi connectivity index (χ1) is 8.67. The van der Waals surface area contributed by atoms with Gasteiger partial charge in [0.2, 0.25) is 0 Å². The van der Waals surface area contributed by atoms with Crippen molar-refractivity contribution in [2.24, 2.45) is 5.73 Å². The third-order valence-electron chi connectivity index (χ3n) is 3.77. The molecule has 0 spiro atoms. The van der Waals surface area contributed by atoms with Crippen molar-refractivity contribution < 1.29 is 0 Å². The zero-order chi connectivity index (χ0) is 12.6. The third kappa shape index (κ3) is 2.33. The Labute approximate surface area is 120 Å². The summed E-state index contributed by atoms with van der Waals surface area (Å²) in [5.74, 6) is 0. The molecule has 1 fully saturated rings. The van der Waals surface area contributed by atoms with Gasteiger partial charge in [0.15, 0.2) is 0 Å². The van der Waals surface area contributed by atoms with Crippen LogP contribution in [-0.2, 0) is 5.54 Å². The van der Waals surface area contributed by atoms with E-state index in [0.29, 0.717) is 0 Å². The summed E-state index contributed by atoms with van der Waals surface area (Å²) < 4.78 is 2.32. The van der Waals surface area contributed by atoms with Crippen molar-refractivity contribution in [3.05, 3.63) is 27.7 Å². The zero-order valence-corrected chi connectivity index (χ0v) is 12.7. The Morgan fingerprint density at radius 2 is 1.89 bits per heavy atom. The van der Waals surface area contributed by atoms with Gasteiger partial charge in [0, 0.05) is 4.47 Å². The van der Waals surface area contributed by atoms with Gasteiger partial charge in [-0.2, -0.15) is 0 Å². The molecular formula is C14H17BrN2S. The molecule has 96 valence electrons. The van der Waals surface area contributed by atoms with Gasteiger partial charge in [-0.3, -0.25) is 0 Å². The molecule has 0 aliphatic heterocycles. The molecule has 1 aromatic heterocycles. The van der Waals surface area contributed by atoms with Crippen molar-refractivity contribution >= 4 is 37.5 Å². The minimum Gasteiger partial charge on any atom is -0.319 e. The van der Waals surface area contributed by atoms with E-state index in [1.807, 2.05) is 0 Å². The first-order valence-electron chi connectivity index (χ1n) is 6.53. The van der Waals surface area contributed by atoms with Crippen LogP contribution in [0.2, 0.25) is 0 Å². The smallest absolute Gasteiger partial charge is 0.114 e. The van der Waals surface area contributed by atoms with E-state index in [2.05, 4.69) is 34.1 Å². The van der Waals surface area contributed by atoms with E-state index < -0.39 is 0 Å². The third-order valence-corrected chi connectivity index (χ3v) is 5.52. The maximum atomic E-state index is 6.62. The van der Waals surface area contributed by atoms with Gasteiger partial charge in [0.25, 0.3) is 0 Å². The molecular weight excluding hydrogens is 308 g/mol. The Kier molecular flexibility index (Phi) is 3.43. The van der Waals surface area contributed by atoms with Gasteiger partial charge < -0.3 is 5.73 Å². The van der Waals surface area contributed by atoms with Gasteiger partial charge in [-0.05, 0) is 31.0 Å². The van der Waals surface area contributed by atoms with E-state index in [4.69, 9.17) is 10.7 Å². The second-order valence-corrected chi connectivity index (χ2v) is 7.15. The van der Waals surface area contributed by atoms with Gasteiger partial charge in [-0.15, -0.1) is 11.3 Å². The molecule has 0 amide bonds. The molecule has 3 rings (SSSR count). The van der Waals surface area contributed by atoms with Crippen LogP contribution in [0.4, 0.5) is 0 Å². The molecule has 18 heavy (non-hydrogen) atoms. The second-order valence-electron chi connectivity index (χ2n) is 5.20. The summed E-state index contributed by atoms with van der Waals surface area (Å²) in [6.45, 7) is 0. The molecule has 1 aliphatic rings. The molecule has 1 aromatic carbocycles. The number of hydrogen-bond acceptors (Lipinski definition) is 3. The van der Waals surface area contributed by atoms with Crippen molar-refractivity contribution in [3.8, 4) is 0 Å². The Morgan fingerprint density at radius 3 is 2.61 bits per heavy atom. The fraction of sp³-hybridized carbons (Fsp3) is 0.500. The Bertz CT molecular complexity index is 556. The summed E-state index contributed by atoms with van der Waals surface area (Å²) in [6, 6.07) is 6.27. The topological polar surface area (TPSA) is 38.9 Å². The minimum atomic E-state index is -0.188. The summed E-state index contributed by atoms with van der Waals surface area (Å²) in [5, 5.41) is 1.12. The predicted molar refractivity (Wildman–Crippen MR) is 80.9 cm³/mol. The standard InChI is InChI=1S/C14H17BrN2S/c15-10-5-6-12-11(9-10)17-13(18-12)14(16)7-3-1-2-4-8-14/h5-6,9H,1-4,7-8,16H2. The first-order valence-corrected chi connectivity index (χ1v) is 8.14. The van der Waals surface area contributed by atoms with Gasteiger partial charge in [-0.1, -0.05) is 41.6 Å². The van der Waals surface area contributed by atoms with E-state index >= 15 is 0 Å². The molecule has 2 nitrogen and oxygen atoms in total. The molecule has 1 aliphatic carbocycles. The lowest BCUT2D eigenvalue weighted by atomic mass is 9.92. The monoisotopic (exact) mass is 324 g/mol. The fourth-order valence-electron chi connectivity index (χ4n) is 2.69.